The molecule has 24 heavy (non-hydrogen) atoms. The number of ketones is 1. The lowest BCUT2D eigenvalue weighted by Crippen LogP contribution is -2.14. The third-order valence-electron chi connectivity index (χ3n) is 4.29. The van der Waals surface area contributed by atoms with E-state index in [2.05, 4.69) is 6.92 Å². The van der Waals surface area contributed by atoms with Crippen molar-refractivity contribution in [2.24, 2.45) is 11.8 Å². The lowest BCUT2D eigenvalue weighted by Gasteiger charge is -2.13. The van der Waals surface area contributed by atoms with Crippen molar-refractivity contribution >= 4 is 11.8 Å². The van der Waals surface area contributed by atoms with Crippen molar-refractivity contribution in [1.82, 2.24) is 0 Å². The van der Waals surface area contributed by atoms with Crippen LogP contribution < -0.4 is 0 Å². The summed E-state index contributed by atoms with van der Waals surface area (Å²) in [7, 11) is 0. The van der Waals surface area contributed by atoms with Crippen molar-refractivity contribution in [1.29, 1.82) is 0 Å². The van der Waals surface area contributed by atoms with Crippen LogP contribution in [0.1, 0.15) is 58.3 Å². The Balaban J connectivity index is 2.38. The van der Waals surface area contributed by atoms with Crippen LogP contribution in [0.4, 0.5) is 0 Å². The largest absolute Gasteiger partial charge is 0.481 e. The summed E-state index contributed by atoms with van der Waals surface area (Å²) in [6, 6.07) is 0. The maximum atomic E-state index is 12.0. The zero-order valence-corrected chi connectivity index (χ0v) is 14.6. The van der Waals surface area contributed by atoms with Crippen molar-refractivity contribution in [3.05, 3.63) is 36.5 Å². The third kappa shape index (κ3) is 8.25. The van der Waals surface area contributed by atoms with Gasteiger partial charge in [0.25, 0.3) is 0 Å². The molecule has 134 valence electrons. The van der Waals surface area contributed by atoms with E-state index in [1.165, 1.54) is 0 Å². The Morgan fingerprint density at radius 2 is 2.08 bits per heavy atom. The standard InChI is InChI=1S/C20H30O4/c1-2-3-6-9-17(21)14-12-16-13-15-19(22)18(16)10-7-4-5-8-11-20(23)24/h4,7,12-18,21H,2-3,5-6,8-11H2,1H3,(H,23,24)/b7-4-,14-12+/t16-,17?,18?/m0/s1. The normalized spacial score (nSPS) is 22.0. The average molecular weight is 334 g/mol. The molecule has 1 rings (SSSR count). The summed E-state index contributed by atoms with van der Waals surface area (Å²) >= 11 is 0. The number of unbranched alkanes of at least 4 members (excludes halogenated alkanes) is 3. The Kier molecular flexibility index (Phi) is 10.0. The Morgan fingerprint density at radius 3 is 2.79 bits per heavy atom. The van der Waals surface area contributed by atoms with E-state index in [1.807, 2.05) is 30.4 Å². The van der Waals surface area contributed by atoms with Crippen LogP contribution in [0, 0.1) is 11.8 Å². The number of rotatable bonds is 12. The smallest absolute Gasteiger partial charge is 0.303 e. The van der Waals surface area contributed by atoms with Crippen LogP contribution in [-0.4, -0.2) is 28.1 Å². The zero-order valence-electron chi connectivity index (χ0n) is 14.6. The number of hydrogen-bond donors (Lipinski definition) is 2. The zero-order chi connectivity index (χ0) is 17.8. The monoisotopic (exact) mass is 334 g/mol. The molecule has 3 atom stereocenters. The van der Waals surface area contributed by atoms with E-state index < -0.39 is 12.1 Å². The van der Waals surface area contributed by atoms with Crippen LogP contribution in [0.25, 0.3) is 0 Å². The highest BCUT2D eigenvalue weighted by molar-refractivity contribution is 5.95. The van der Waals surface area contributed by atoms with Crippen molar-refractivity contribution < 1.29 is 19.8 Å². The lowest BCUT2D eigenvalue weighted by molar-refractivity contribution is -0.137. The number of carbonyl (C=O) groups excluding carboxylic acids is 1. The van der Waals surface area contributed by atoms with Gasteiger partial charge >= 0.3 is 5.97 Å². The first kappa shape index (κ1) is 20.4. The predicted octanol–water partition coefficient (Wildman–Crippen LogP) is 4.06. The highest BCUT2D eigenvalue weighted by Gasteiger charge is 2.27. The summed E-state index contributed by atoms with van der Waals surface area (Å²) in [5.41, 5.74) is 0. The topological polar surface area (TPSA) is 74.6 Å². The van der Waals surface area contributed by atoms with Gasteiger partial charge in [-0.3, -0.25) is 9.59 Å². The molecule has 0 aromatic carbocycles. The van der Waals surface area contributed by atoms with Gasteiger partial charge in [-0.25, -0.2) is 0 Å². The quantitative estimate of drug-likeness (QED) is 0.417. The number of carboxylic acid groups (broad SMARTS) is 1. The Morgan fingerprint density at radius 1 is 1.29 bits per heavy atom. The van der Waals surface area contributed by atoms with Crippen LogP contribution in [0.3, 0.4) is 0 Å². The fourth-order valence-corrected chi connectivity index (χ4v) is 2.81. The first-order valence-corrected chi connectivity index (χ1v) is 8.99. The molecule has 4 heteroatoms. The van der Waals surface area contributed by atoms with Gasteiger partial charge < -0.3 is 10.2 Å². The van der Waals surface area contributed by atoms with Crippen LogP contribution in [0.5, 0.6) is 0 Å². The van der Waals surface area contributed by atoms with Crippen LogP contribution in [0.2, 0.25) is 0 Å². The van der Waals surface area contributed by atoms with E-state index >= 15 is 0 Å². The number of aliphatic hydroxyl groups is 1. The maximum absolute atomic E-state index is 12.0. The number of hydrogen-bond acceptors (Lipinski definition) is 3. The molecule has 4 nitrogen and oxygen atoms in total. The highest BCUT2D eigenvalue weighted by atomic mass is 16.4. The number of allylic oxidation sites excluding steroid dienone is 5. The molecule has 0 heterocycles. The number of carboxylic acids is 1. The first-order valence-electron chi connectivity index (χ1n) is 8.99. The van der Waals surface area contributed by atoms with Crippen LogP contribution >= 0.6 is 0 Å². The lowest BCUT2D eigenvalue weighted by atomic mass is 9.90. The van der Waals surface area contributed by atoms with E-state index in [4.69, 9.17) is 5.11 Å². The van der Waals surface area contributed by atoms with Gasteiger partial charge in [-0.15, -0.1) is 0 Å². The average Bonchev–Trinajstić information content (AvgIpc) is 2.89. The first-order chi connectivity index (χ1) is 11.5. The minimum Gasteiger partial charge on any atom is -0.481 e. The summed E-state index contributed by atoms with van der Waals surface area (Å²) < 4.78 is 0. The van der Waals surface area contributed by atoms with Gasteiger partial charge in [-0.2, -0.15) is 0 Å². The number of aliphatic carboxylic acids is 1. The molecule has 0 aliphatic heterocycles. The Labute approximate surface area is 145 Å². The second-order valence-corrected chi connectivity index (χ2v) is 6.39. The van der Waals surface area contributed by atoms with Gasteiger partial charge in [0.05, 0.1) is 6.10 Å². The van der Waals surface area contributed by atoms with Gasteiger partial charge in [-0.1, -0.05) is 56.6 Å². The second kappa shape index (κ2) is 11.8. The van der Waals surface area contributed by atoms with Crippen molar-refractivity contribution in [3.8, 4) is 0 Å². The van der Waals surface area contributed by atoms with Crippen LogP contribution in [0.15, 0.2) is 36.5 Å². The minimum absolute atomic E-state index is 0.0435. The van der Waals surface area contributed by atoms with Gasteiger partial charge in [0.15, 0.2) is 5.78 Å². The highest BCUT2D eigenvalue weighted by Crippen LogP contribution is 2.27. The molecule has 1 aliphatic rings. The summed E-state index contributed by atoms with van der Waals surface area (Å²) in [6.45, 7) is 2.14. The second-order valence-electron chi connectivity index (χ2n) is 6.39. The molecule has 0 bridgehead atoms. The predicted molar refractivity (Wildman–Crippen MR) is 95.7 cm³/mol. The molecule has 0 saturated carbocycles. The number of carbonyl (C=O) groups is 2. The molecular formula is C20H30O4. The molecule has 0 fully saturated rings. The molecule has 0 aromatic heterocycles. The van der Waals surface area contributed by atoms with Gasteiger partial charge in [0.1, 0.15) is 0 Å². The maximum Gasteiger partial charge on any atom is 0.303 e. The van der Waals surface area contributed by atoms with Crippen molar-refractivity contribution in [3.63, 3.8) is 0 Å². The molecule has 0 spiro atoms. The van der Waals surface area contributed by atoms with E-state index in [-0.39, 0.29) is 24.0 Å². The van der Waals surface area contributed by atoms with Gasteiger partial charge in [0, 0.05) is 18.3 Å². The Hall–Kier alpha value is -1.68. The molecule has 0 aromatic rings. The van der Waals surface area contributed by atoms with Gasteiger partial charge in [-0.05, 0) is 31.8 Å². The van der Waals surface area contributed by atoms with Crippen LogP contribution in [-0.2, 0) is 9.59 Å². The minimum atomic E-state index is -0.777. The molecule has 2 N–H and O–H groups in total. The molecule has 0 amide bonds. The third-order valence-corrected chi connectivity index (χ3v) is 4.29. The Bertz CT molecular complexity index is 476. The summed E-state index contributed by atoms with van der Waals surface area (Å²) in [4.78, 5) is 22.4. The fourth-order valence-electron chi connectivity index (χ4n) is 2.81. The van der Waals surface area contributed by atoms with Crippen molar-refractivity contribution in [2.75, 3.05) is 0 Å². The molecule has 0 saturated heterocycles. The number of aliphatic hydroxyl groups excluding tert-OH is 1. The molecular weight excluding hydrogens is 304 g/mol. The van der Waals surface area contributed by atoms with E-state index in [0.717, 1.165) is 32.1 Å². The SMILES string of the molecule is CCCCCC(O)/C=C/[C@H]1C=CC(=O)C1C/C=C\CCCC(=O)O. The summed E-state index contributed by atoms with van der Waals surface area (Å²) in [5, 5.41) is 18.5. The van der Waals surface area contributed by atoms with E-state index in [9.17, 15) is 14.7 Å². The molecule has 1 aliphatic carbocycles. The van der Waals surface area contributed by atoms with E-state index in [0.29, 0.717) is 12.8 Å². The molecule has 0 radical (unpaired) electrons. The molecule has 2 unspecified atom stereocenters. The van der Waals surface area contributed by atoms with Crippen molar-refractivity contribution in [2.45, 2.75) is 64.4 Å². The van der Waals surface area contributed by atoms with Gasteiger partial charge in [0.2, 0.25) is 0 Å². The summed E-state index contributed by atoms with van der Waals surface area (Å²) in [5.74, 6) is -0.705. The van der Waals surface area contributed by atoms with E-state index in [1.54, 1.807) is 6.08 Å². The fraction of sp³-hybridized carbons (Fsp3) is 0.600. The summed E-state index contributed by atoms with van der Waals surface area (Å²) in [6.07, 6.45) is 17.0.